The molecule has 0 spiro atoms. The number of hydrogen-bond acceptors (Lipinski definition) is 3. The first-order valence-corrected chi connectivity index (χ1v) is 7.49. The lowest BCUT2D eigenvalue weighted by atomic mass is 10.2. The second kappa shape index (κ2) is 7.26. The fourth-order valence-electron chi connectivity index (χ4n) is 1.65. The van der Waals surface area contributed by atoms with Crippen LogP contribution in [0.15, 0.2) is 35.7 Å². The van der Waals surface area contributed by atoms with Gasteiger partial charge in [0.15, 0.2) is 0 Å². The molecule has 0 saturated heterocycles. The molecule has 0 bridgehead atoms. The SMILES string of the molecule is O=C(CCCl)NCc1csc(Cc2ccccc2)n1. The number of hydrogen-bond donors (Lipinski definition) is 1. The van der Waals surface area contributed by atoms with Gasteiger partial charge in [0.25, 0.3) is 0 Å². The Balaban J connectivity index is 1.87. The monoisotopic (exact) mass is 294 g/mol. The fraction of sp³-hybridized carbons (Fsp3) is 0.286. The topological polar surface area (TPSA) is 42.0 Å². The minimum absolute atomic E-state index is 0.0346. The molecule has 0 aliphatic rings. The Hall–Kier alpha value is -1.39. The van der Waals surface area contributed by atoms with Crippen LogP contribution in [0.1, 0.15) is 22.7 Å². The maximum atomic E-state index is 11.3. The number of amides is 1. The van der Waals surface area contributed by atoms with E-state index in [2.05, 4.69) is 22.4 Å². The third-order valence-corrected chi connectivity index (χ3v) is 3.67. The number of nitrogens with one attached hydrogen (secondary N) is 1. The normalized spacial score (nSPS) is 10.4. The third-order valence-electron chi connectivity index (χ3n) is 2.59. The summed E-state index contributed by atoms with van der Waals surface area (Å²) >= 11 is 7.12. The summed E-state index contributed by atoms with van der Waals surface area (Å²) in [4.78, 5) is 15.8. The average molecular weight is 295 g/mol. The number of alkyl halides is 1. The predicted molar refractivity (Wildman–Crippen MR) is 78.5 cm³/mol. The van der Waals surface area contributed by atoms with Crippen molar-refractivity contribution in [1.29, 1.82) is 0 Å². The Labute approximate surface area is 121 Å². The standard InChI is InChI=1S/C14H15ClN2OS/c15-7-6-13(18)16-9-12-10-19-14(17-12)8-11-4-2-1-3-5-11/h1-5,10H,6-9H2,(H,16,18). The molecule has 0 aliphatic heterocycles. The molecule has 0 aliphatic carbocycles. The van der Waals surface area contributed by atoms with Gasteiger partial charge in [0, 0.05) is 24.1 Å². The molecule has 0 fully saturated rings. The number of carbonyl (C=O) groups excluding carboxylic acids is 1. The van der Waals surface area contributed by atoms with Crippen molar-refractivity contribution in [3.63, 3.8) is 0 Å². The fourth-order valence-corrected chi connectivity index (χ4v) is 2.64. The van der Waals surface area contributed by atoms with Gasteiger partial charge in [-0.15, -0.1) is 22.9 Å². The molecule has 1 aromatic heterocycles. The Kier molecular flexibility index (Phi) is 5.36. The largest absolute Gasteiger partial charge is 0.350 e. The highest BCUT2D eigenvalue weighted by atomic mass is 35.5. The van der Waals surface area contributed by atoms with Crippen molar-refractivity contribution in [2.45, 2.75) is 19.4 Å². The zero-order valence-electron chi connectivity index (χ0n) is 10.4. The molecule has 100 valence electrons. The molecule has 1 amide bonds. The zero-order chi connectivity index (χ0) is 13.5. The molecule has 2 aromatic rings. The number of aromatic nitrogens is 1. The van der Waals surface area contributed by atoms with Crippen molar-refractivity contribution in [2.75, 3.05) is 5.88 Å². The van der Waals surface area contributed by atoms with Gasteiger partial charge >= 0.3 is 0 Å². The van der Waals surface area contributed by atoms with Gasteiger partial charge in [-0.1, -0.05) is 30.3 Å². The Morgan fingerprint density at radius 3 is 2.84 bits per heavy atom. The van der Waals surface area contributed by atoms with Crippen molar-refractivity contribution >= 4 is 28.8 Å². The number of halogens is 1. The lowest BCUT2D eigenvalue weighted by Gasteiger charge is -2.00. The minimum atomic E-state index is -0.0346. The van der Waals surface area contributed by atoms with Crippen LogP contribution in [0.5, 0.6) is 0 Å². The van der Waals surface area contributed by atoms with Gasteiger partial charge in [-0.2, -0.15) is 0 Å². The molecule has 5 heteroatoms. The van der Waals surface area contributed by atoms with E-state index in [1.54, 1.807) is 11.3 Å². The summed E-state index contributed by atoms with van der Waals surface area (Å²) in [6, 6.07) is 10.2. The highest BCUT2D eigenvalue weighted by Gasteiger charge is 2.05. The molecule has 1 N–H and O–H groups in total. The van der Waals surface area contributed by atoms with E-state index < -0.39 is 0 Å². The van der Waals surface area contributed by atoms with E-state index in [0.717, 1.165) is 17.1 Å². The number of nitrogens with zero attached hydrogens (tertiary/aromatic N) is 1. The second-order valence-corrected chi connectivity index (χ2v) is 5.43. The first kappa shape index (κ1) is 14.0. The number of benzene rings is 1. The lowest BCUT2D eigenvalue weighted by molar-refractivity contribution is -0.120. The van der Waals surface area contributed by atoms with Crippen molar-refractivity contribution in [3.05, 3.63) is 52.0 Å². The van der Waals surface area contributed by atoms with Gasteiger partial charge < -0.3 is 5.32 Å². The zero-order valence-corrected chi connectivity index (χ0v) is 12.0. The Morgan fingerprint density at radius 1 is 1.32 bits per heavy atom. The maximum Gasteiger partial charge on any atom is 0.221 e. The van der Waals surface area contributed by atoms with Crippen LogP contribution < -0.4 is 5.32 Å². The number of carbonyl (C=O) groups is 1. The van der Waals surface area contributed by atoms with E-state index in [1.165, 1.54) is 5.56 Å². The maximum absolute atomic E-state index is 11.3. The molecule has 2 rings (SSSR count). The predicted octanol–water partition coefficient (Wildman–Crippen LogP) is 2.98. The van der Waals surface area contributed by atoms with Crippen LogP contribution in [-0.4, -0.2) is 16.8 Å². The molecule has 0 atom stereocenters. The Bertz CT molecular complexity index is 527. The molecular weight excluding hydrogens is 280 g/mol. The van der Waals surface area contributed by atoms with Gasteiger partial charge in [0.05, 0.1) is 17.2 Å². The molecule has 1 aromatic carbocycles. The molecule has 0 unspecified atom stereocenters. The van der Waals surface area contributed by atoms with Crippen LogP contribution >= 0.6 is 22.9 Å². The molecule has 0 saturated carbocycles. The van der Waals surface area contributed by atoms with Gasteiger partial charge in [-0.05, 0) is 5.56 Å². The van der Waals surface area contributed by atoms with Gasteiger partial charge in [0.1, 0.15) is 0 Å². The second-order valence-electron chi connectivity index (χ2n) is 4.11. The first-order chi connectivity index (χ1) is 9.28. The highest BCUT2D eigenvalue weighted by molar-refractivity contribution is 7.09. The van der Waals surface area contributed by atoms with E-state index >= 15 is 0 Å². The molecule has 3 nitrogen and oxygen atoms in total. The molecule has 1 heterocycles. The third kappa shape index (κ3) is 4.65. The summed E-state index contributed by atoms with van der Waals surface area (Å²) in [6.45, 7) is 0.473. The van der Waals surface area contributed by atoms with Crippen LogP contribution in [0.3, 0.4) is 0 Å². The van der Waals surface area contributed by atoms with Gasteiger partial charge in [0.2, 0.25) is 5.91 Å². The van der Waals surface area contributed by atoms with Crippen LogP contribution in [-0.2, 0) is 17.8 Å². The lowest BCUT2D eigenvalue weighted by Crippen LogP contribution is -2.22. The van der Waals surface area contributed by atoms with Crippen LogP contribution in [0.25, 0.3) is 0 Å². The summed E-state index contributed by atoms with van der Waals surface area (Å²) in [7, 11) is 0. The van der Waals surface area contributed by atoms with E-state index in [0.29, 0.717) is 18.8 Å². The van der Waals surface area contributed by atoms with Crippen molar-refractivity contribution in [2.24, 2.45) is 0 Å². The molecular formula is C14H15ClN2OS. The van der Waals surface area contributed by atoms with Gasteiger partial charge in [-0.3, -0.25) is 4.79 Å². The quantitative estimate of drug-likeness (QED) is 0.832. The summed E-state index contributed by atoms with van der Waals surface area (Å²) in [5, 5.41) is 5.85. The summed E-state index contributed by atoms with van der Waals surface area (Å²) in [6.07, 6.45) is 1.18. The molecule has 0 radical (unpaired) electrons. The Morgan fingerprint density at radius 2 is 2.11 bits per heavy atom. The van der Waals surface area contributed by atoms with Crippen LogP contribution in [0.2, 0.25) is 0 Å². The van der Waals surface area contributed by atoms with Gasteiger partial charge in [-0.25, -0.2) is 4.98 Å². The average Bonchev–Trinajstić information content (AvgIpc) is 2.86. The van der Waals surface area contributed by atoms with E-state index in [9.17, 15) is 4.79 Å². The molecule has 19 heavy (non-hydrogen) atoms. The van der Waals surface area contributed by atoms with E-state index in [1.807, 2.05) is 23.6 Å². The number of thiazole rings is 1. The van der Waals surface area contributed by atoms with Crippen molar-refractivity contribution < 1.29 is 4.79 Å². The number of rotatable bonds is 6. The van der Waals surface area contributed by atoms with E-state index in [-0.39, 0.29) is 5.91 Å². The summed E-state index contributed by atoms with van der Waals surface area (Å²) < 4.78 is 0. The minimum Gasteiger partial charge on any atom is -0.350 e. The van der Waals surface area contributed by atoms with Crippen LogP contribution in [0.4, 0.5) is 0 Å². The highest BCUT2D eigenvalue weighted by Crippen LogP contribution is 2.14. The van der Waals surface area contributed by atoms with Crippen molar-refractivity contribution in [1.82, 2.24) is 10.3 Å². The van der Waals surface area contributed by atoms with Crippen molar-refractivity contribution in [3.8, 4) is 0 Å². The first-order valence-electron chi connectivity index (χ1n) is 6.08. The summed E-state index contributed by atoms with van der Waals surface area (Å²) in [5.41, 5.74) is 2.15. The summed E-state index contributed by atoms with van der Waals surface area (Å²) in [5.74, 6) is 0.315. The van der Waals surface area contributed by atoms with Crippen LogP contribution in [0, 0.1) is 0 Å². The smallest absolute Gasteiger partial charge is 0.221 e. The van der Waals surface area contributed by atoms with E-state index in [4.69, 9.17) is 11.6 Å².